The predicted octanol–water partition coefficient (Wildman–Crippen LogP) is 21.3. The normalized spacial score (nSPS) is 14.2. The number of allylic oxidation sites excluding steroid dienone is 14. The number of hydrogen-bond donors (Lipinski definition) is 2. The maximum atomic E-state index is 13.1. The van der Waals surface area contributed by atoms with Crippen LogP contribution in [0.15, 0.2) is 85.1 Å². The minimum atomic E-state index is -4.58. The van der Waals surface area contributed by atoms with Gasteiger partial charge in [-0.1, -0.05) is 324 Å². The Balaban J connectivity index is 4.06. The number of rotatable bonds is 63. The lowest BCUT2D eigenvalue weighted by atomic mass is 10.0. The summed E-state index contributed by atoms with van der Waals surface area (Å²) >= 11 is 0. The summed E-state index contributed by atoms with van der Waals surface area (Å²) in [5.74, 6) is -0.165. The SMILES string of the molecule is CC/C=C\C/C=C\C/C=C\C/C=C\C/C=C\C/C=C\C/C=C\CCCCCCCCCCCCCCCC(=O)NC(COP(=O)([O-])OCC[N+](C)(C)C)C(O)CCCCCCCCCCCCCCCCCCCCCCCCCC. The van der Waals surface area contributed by atoms with Gasteiger partial charge < -0.3 is 28.8 Å². The van der Waals surface area contributed by atoms with Crippen LogP contribution in [0.2, 0.25) is 0 Å². The molecule has 0 saturated heterocycles. The van der Waals surface area contributed by atoms with E-state index in [-0.39, 0.29) is 19.1 Å². The summed E-state index contributed by atoms with van der Waals surface area (Å²) < 4.78 is 23.5. The third kappa shape index (κ3) is 65.1. The zero-order valence-electron chi connectivity index (χ0n) is 54.0. The number of unbranched alkanes of at least 4 members (excludes halogenated alkanes) is 36. The molecule has 0 heterocycles. The molecule has 0 aromatic carbocycles. The highest BCUT2D eigenvalue weighted by Gasteiger charge is 2.24. The molecule has 0 rings (SSSR count). The highest BCUT2D eigenvalue weighted by molar-refractivity contribution is 7.45. The average Bonchev–Trinajstić information content (AvgIpc) is 3.43. The Bertz CT molecular complexity index is 1600. The van der Waals surface area contributed by atoms with Crippen molar-refractivity contribution < 1.29 is 32.9 Å². The molecule has 0 bridgehead atoms. The maximum absolute atomic E-state index is 13.1. The number of hydrogen-bond acceptors (Lipinski definition) is 6. The predicted molar refractivity (Wildman–Crippen MR) is 353 cm³/mol. The van der Waals surface area contributed by atoms with Gasteiger partial charge in [-0.15, -0.1) is 0 Å². The first-order chi connectivity index (χ1) is 39.5. The van der Waals surface area contributed by atoms with Gasteiger partial charge >= 0.3 is 0 Å². The van der Waals surface area contributed by atoms with Gasteiger partial charge in [0, 0.05) is 6.42 Å². The molecule has 0 aromatic rings. The van der Waals surface area contributed by atoms with Gasteiger partial charge in [0.2, 0.25) is 5.91 Å². The minimum absolute atomic E-state index is 0.0101. The molecular formula is C72H133N2O6P. The molecule has 0 aliphatic carbocycles. The van der Waals surface area contributed by atoms with Crippen LogP contribution in [0.3, 0.4) is 0 Å². The van der Waals surface area contributed by atoms with Crippen molar-refractivity contribution in [3.8, 4) is 0 Å². The summed E-state index contributed by atoms with van der Waals surface area (Å²) in [6, 6.07) is -0.807. The Morgan fingerprint density at radius 1 is 0.444 bits per heavy atom. The minimum Gasteiger partial charge on any atom is -0.756 e. The first kappa shape index (κ1) is 78.7. The number of carbonyl (C=O) groups is 1. The fraction of sp³-hybridized carbons (Fsp3) is 0.792. The van der Waals surface area contributed by atoms with E-state index in [1.54, 1.807) is 0 Å². The number of quaternary nitrogens is 1. The monoisotopic (exact) mass is 1150 g/mol. The molecule has 3 unspecified atom stereocenters. The Morgan fingerprint density at radius 3 is 1.10 bits per heavy atom. The number of amides is 1. The highest BCUT2D eigenvalue weighted by atomic mass is 31.2. The fourth-order valence-electron chi connectivity index (χ4n) is 10.1. The molecule has 8 nitrogen and oxygen atoms in total. The van der Waals surface area contributed by atoms with E-state index in [0.717, 1.165) is 83.5 Å². The van der Waals surface area contributed by atoms with Gasteiger partial charge in [0.1, 0.15) is 13.2 Å². The number of phosphoric ester groups is 1. The maximum Gasteiger partial charge on any atom is 0.268 e. The molecule has 0 fully saturated rings. The highest BCUT2D eigenvalue weighted by Crippen LogP contribution is 2.38. The number of likely N-dealkylation sites (N-methyl/N-ethyl adjacent to an activating group) is 1. The molecule has 2 N–H and O–H groups in total. The van der Waals surface area contributed by atoms with Crippen LogP contribution in [0, 0.1) is 0 Å². The summed E-state index contributed by atoms with van der Waals surface area (Å²) in [6.45, 7) is 4.64. The van der Waals surface area contributed by atoms with Gasteiger partial charge in [0.05, 0.1) is 39.9 Å². The van der Waals surface area contributed by atoms with Gasteiger partial charge in [0.15, 0.2) is 0 Å². The molecule has 1 amide bonds. The van der Waals surface area contributed by atoms with Gasteiger partial charge in [0.25, 0.3) is 7.82 Å². The molecule has 0 radical (unpaired) electrons. The van der Waals surface area contributed by atoms with Crippen molar-refractivity contribution in [3.05, 3.63) is 85.1 Å². The van der Waals surface area contributed by atoms with Crippen molar-refractivity contribution in [2.75, 3.05) is 40.9 Å². The quantitative estimate of drug-likeness (QED) is 0.0272. The van der Waals surface area contributed by atoms with Crippen LogP contribution < -0.4 is 10.2 Å². The number of aliphatic hydroxyl groups is 1. The van der Waals surface area contributed by atoms with E-state index in [2.05, 4.69) is 104 Å². The van der Waals surface area contributed by atoms with E-state index in [1.807, 2.05) is 21.1 Å². The summed E-state index contributed by atoms with van der Waals surface area (Å²) in [5.41, 5.74) is 0. The van der Waals surface area contributed by atoms with Gasteiger partial charge in [-0.3, -0.25) is 9.36 Å². The zero-order valence-corrected chi connectivity index (χ0v) is 54.9. The molecule has 0 aliphatic heterocycles. The average molecular weight is 1150 g/mol. The van der Waals surface area contributed by atoms with Crippen LogP contribution in [-0.2, 0) is 18.4 Å². The third-order valence-electron chi connectivity index (χ3n) is 15.4. The third-order valence-corrected chi connectivity index (χ3v) is 16.4. The summed E-state index contributed by atoms with van der Waals surface area (Å²) in [5, 5.41) is 14.1. The lowest BCUT2D eigenvalue weighted by Gasteiger charge is -2.30. The Labute approximate surface area is 503 Å². The number of aliphatic hydroxyl groups excluding tert-OH is 1. The van der Waals surface area contributed by atoms with E-state index in [9.17, 15) is 19.4 Å². The molecule has 0 spiro atoms. The Morgan fingerprint density at radius 2 is 0.753 bits per heavy atom. The Hall–Kier alpha value is -2.32. The molecule has 472 valence electrons. The first-order valence-electron chi connectivity index (χ1n) is 34.4. The number of carbonyl (C=O) groups excluding carboxylic acids is 1. The second-order valence-electron chi connectivity index (χ2n) is 24.5. The summed E-state index contributed by atoms with van der Waals surface area (Å²) in [7, 11) is 1.31. The van der Waals surface area contributed by atoms with Crippen LogP contribution in [-0.4, -0.2) is 68.5 Å². The molecule has 0 aliphatic rings. The first-order valence-corrected chi connectivity index (χ1v) is 35.9. The van der Waals surface area contributed by atoms with Crippen molar-refractivity contribution in [2.24, 2.45) is 0 Å². The summed E-state index contributed by atoms with van der Waals surface area (Å²) in [6.07, 6.45) is 87.9. The largest absolute Gasteiger partial charge is 0.756 e. The number of nitrogens with one attached hydrogen (secondary N) is 1. The van der Waals surface area contributed by atoms with Crippen LogP contribution in [0.25, 0.3) is 0 Å². The van der Waals surface area contributed by atoms with E-state index in [0.29, 0.717) is 23.9 Å². The Kier molecular flexibility index (Phi) is 60.4. The van der Waals surface area contributed by atoms with Crippen molar-refractivity contribution in [2.45, 2.75) is 328 Å². The van der Waals surface area contributed by atoms with E-state index < -0.39 is 20.0 Å². The molecular weight excluding hydrogens is 1020 g/mol. The van der Waals surface area contributed by atoms with Crippen LogP contribution in [0.4, 0.5) is 0 Å². The molecule has 81 heavy (non-hydrogen) atoms. The lowest BCUT2D eigenvalue weighted by Crippen LogP contribution is -2.46. The fourth-order valence-corrected chi connectivity index (χ4v) is 10.8. The van der Waals surface area contributed by atoms with Gasteiger partial charge in [-0.25, -0.2) is 0 Å². The number of nitrogens with zero attached hydrogens (tertiary/aromatic N) is 1. The molecule has 9 heteroatoms. The van der Waals surface area contributed by atoms with Crippen molar-refractivity contribution in [1.29, 1.82) is 0 Å². The topological polar surface area (TPSA) is 108 Å². The second kappa shape index (κ2) is 62.2. The smallest absolute Gasteiger partial charge is 0.268 e. The molecule has 3 atom stereocenters. The molecule has 0 aromatic heterocycles. The standard InChI is InChI=1S/C72H133N2O6P/c1-6-8-10-12-14-16-18-20-22-24-26-28-30-32-33-34-35-36-37-38-39-40-41-42-44-46-48-50-52-54-56-58-60-62-64-66-72(76)73-70(69-80-81(77,78)79-68-67-74(3,4)5)71(75)65-63-61-59-57-55-53-51-49-47-45-43-31-29-27-25-23-21-19-17-15-13-11-9-7-2/h8,10,14,16,20,22,26,28,32-33,35-36,38-39,70-71,75H,6-7,9,11-13,15,17-19,21,23-25,27,29-31,34,37,40-69H2,1-5H3,(H-,73,76,77,78)/b10-8-,16-14-,22-20-,28-26-,33-32-,36-35-,39-38-. The van der Waals surface area contributed by atoms with E-state index >= 15 is 0 Å². The van der Waals surface area contributed by atoms with Crippen LogP contribution in [0.5, 0.6) is 0 Å². The van der Waals surface area contributed by atoms with Crippen molar-refractivity contribution in [1.82, 2.24) is 5.32 Å². The number of phosphoric acid groups is 1. The van der Waals surface area contributed by atoms with Crippen LogP contribution >= 0.6 is 7.82 Å². The summed E-state index contributed by atoms with van der Waals surface area (Å²) in [4.78, 5) is 25.7. The van der Waals surface area contributed by atoms with Gasteiger partial charge in [-0.2, -0.15) is 0 Å². The van der Waals surface area contributed by atoms with Crippen LogP contribution in [0.1, 0.15) is 316 Å². The lowest BCUT2D eigenvalue weighted by molar-refractivity contribution is -0.870. The van der Waals surface area contributed by atoms with E-state index in [4.69, 9.17) is 9.05 Å². The van der Waals surface area contributed by atoms with Crippen molar-refractivity contribution in [3.63, 3.8) is 0 Å². The van der Waals surface area contributed by atoms with Crippen molar-refractivity contribution >= 4 is 13.7 Å². The van der Waals surface area contributed by atoms with Gasteiger partial charge in [-0.05, 0) is 70.6 Å². The second-order valence-corrected chi connectivity index (χ2v) is 25.9. The molecule has 0 saturated carbocycles. The zero-order chi connectivity index (χ0) is 59.1. The van der Waals surface area contributed by atoms with E-state index in [1.165, 1.54) is 205 Å².